The Hall–Kier alpha value is -0.430. The molecule has 0 amide bonds. The number of aliphatic carboxylic acids is 1. The minimum atomic E-state index is -1.55. The molecule has 0 aromatic heterocycles. The van der Waals surface area contributed by atoms with Gasteiger partial charge in [-0.05, 0) is 6.92 Å². The molecule has 1 N–H and O–H groups in total. The lowest BCUT2D eigenvalue weighted by atomic mass is 10.5. The molecule has 0 aliphatic heterocycles. The second-order valence-electron chi connectivity index (χ2n) is 1.56. The van der Waals surface area contributed by atoms with Crippen molar-refractivity contribution in [3.05, 3.63) is 0 Å². The van der Waals surface area contributed by atoms with Gasteiger partial charge in [0.2, 0.25) is 5.66 Å². The molecule has 3 nitrogen and oxygen atoms in total. The van der Waals surface area contributed by atoms with Crippen molar-refractivity contribution in [3.63, 3.8) is 0 Å². The monoisotopic (exact) mass is 135 g/mol. The first-order chi connectivity index (χ1) is 3.55. The molecule has 8 heavy (non-hydrogen) atoms. The van der Waals surface area contributed by atoms with Crippen LogP contribution < -0.4 is 0 Å². The molecular formula is C4H8O3P+. The Kier molecular flexibility index (Phi) is 2.63. The van der Waals surface area contributed by atoms with Gasteiger partial charge in [0.25, 0.3) is 0 Å². The molecule has 0 spiro atoms. The van der Waals surface area contributed by atoms with Crippen LogP contribution in [0.3, 0.4) is 0 Å². The summed E-state index contributed by atoms with van der Waals surface area (Å²) in [7, 11) is -1.55. The summed E-state index contributed by atoms with van der Waals surface area (Å²) in [5.41, 5.74) is -0.704. The summed E-state index contributed by atoms with van der Waals surface area (Å²) >= 11 is 0. The Labute approximate surface area is 48.5 Å². The molecule has 0 saturated carbocycles. The Morgan fingerprint density at radius 1 is 1.75 bits per heavy atom. The van der Waals surface area contributed by atoms with Gasteiger partial charge in [-0.25, -0.2) is 4.79 Å². The lowest BCUT2D eigenvalue weighted by Crippen LogP contribution is -2.10. The number of rotatable bonds is 2. The van der Waals surface area contributed by atoms with E-state index in [1.54, 1.807) is 0 Å². The van der Waals surface area contributed by atoms with Crippen molar-refractivity contribution in [2.24, 2.45) is 0 Å². The predicted octanol–water partition coefficient (Wildman–Crippen LogP) is 0.917. The Morgan fingerprint density at radius 2 is 2.12 bits per heavy atom. The van der Waals surface area contributed by atoms with Gasteiger partial charge >= 0.3 is 13.8 Å². The van der Waals surface area contributed by atoms with Crippen LogP contribution in [0.2, 0.25) is 0 Å². The van der Waals surface area contributed by atoms with Crippen LogP contribution in [0.25, 0.3) is 0 Å². The van der Waals surface area contributed by atoms with Gasteiger partial charge in [0, 0.05) is 0 Å². The second-order valence-corrected chi connectivity index (χ2v) is 3.43. The quantitative estimate of drug-likeness (QED) is 0.572. The van der Waals surface area contributed by atoms with E-state index in [1.165, 1.54) is 13.6 Å². The molecule has 2 atom stereocenters. The SMILES string of the molecule is CC(C(=O)O)[P+](C)=O. The zero-order valence-electron chi connectivity index (χ0n) is 4.79. The summed E-state index contributed by atoms with van der Waals surface area (Å²) in [6, 6.07) is 0. The summed E-state index contributed by atoms with van der Waals surface area (Å²) in [6.45, 7) is 2.84. The normalized spacial score (nSPS) is 15.0. The number of hydrogen-bond donors (Lipinski definition) is 1. The number of hydrogen-bond acceptors (Lipinski definition) is 2. The number of carboxylic acid groups (broad SMARTS) is 1. The van der Waals surface area contributed by atoms with Crippen molar-refractivity contribution in [3.8, 4) is 0 Å². The molecule has 0 fully saturated rings. The van der Waals surface area contributed by atoms with Crippen molar-refractivity contribution in [1.29, 1.82) is 0 Å². The number of carbonyl (C=O) groups is 1. The Morgan fingerprint density at radius 3 is 2.12 bits per heavy atom. The summed E-state index contributed by atoms with van der Waals surface area (Å²) in [4.78, 5) is 9.96. The van der Waals surface area contributed by atoms with Gasteiger partial charge in [-0.3, -0.25) is 0 Å². The van der Waals surface area contributed by atoms with Crippen LogP contribution in [-0.2, 0) is 9.36 Å². The molecule has 0 aliphatic rings. The van der Waals surface area contributed by atoms with Crippen molar-refractivity contribution in [2.45, 2.75) is 12.6 Å². The molecule has 0 aromatic rings. The third-order valence-electron chi connectivity index (χ3n) is 0.903. The first-order valence-corrected chi connectivity index (χ1v) is 3.96. The predicted molar refractivity (Wildman–Crippen MR) is 30.6 cm³/mol. The van der Waals surface area contributed by atoms with Gasteiger partial charge in [0.15, 0.2) is 0 Å². The average molecular weight is 135 g/mol. The first-order valence-electron chi connectivity index (χ1n) is 2.18. The zero-order valence-corrected chi connectivity index (χ0v) is 5.68. The van der Waals surface area contributed by atoms with Gasteiger partial charge in [0.05, 0.1) is 0 Å². The highest BCUT2D eigenvalue weighted by Crippen LogP contribution is 2.21. The molecular weight excluding hydrogens is 127 g/mol. The molecule has 0 aromatic carbocycles. The highest BCUT2D eigenvalue weighted by Gasteiger charge is 2.26. The van der Waals surface area contributed by atoms with Crippen LogP contribution in [0, 0.1) is 0 Å². The number of carboxylic acids is 1. The molecule has 0 heterocycles. The van der Waals surface area contributed by atoms with E-state index < -0.39 is 19.4 Å². The van der Waals surface area contributed by atoms with Crippen LogP contribution in [0.5, 0.6) is 0 Å². The van der Waals surface area contributed by atoms with E-state index in [4.69, 9.17) is 5.11 Å². The van der Waals surface area contributed by atoms with E-state index in [9.17, 15) is 9.36 Å². The minimum absolute atomic E-state index is 0.704. The standard InChI is InChI=1S/C4H7O3P/c1-3(4(5)6)8(2)7/h3H,1-2H3/p+1. The summed E-state index contributed by atoms with van der Waals surface area (Å²) < 4.78 is 10.4. The molecule has 0 radical (unpaired) electrons. The van der Waals surface area contributed by atoms with Gasteiger partial charge in [-0.2, -0.15) is 0 Å². The lowest BCUT2D eigenvalue weighted by molar-refractivity contribution is -0.136. The molecule has 0 rings (SSSR count). The highest BCUT2D eigenvalue weighted by atomic mass is 31.1. The van der Waals surface area contributed by atoms with Gasteiger partial charge in [-0.1, -0.05) is 4.57 Å². The minimum Gasteiger partial charge on any atom is -0.478 e. The van der Waals surface area contributed by atoms with Crippen LogP contribution in [0.4, 0.5) is 0 Å². The fourth-order valence-corrected chi connectivity index (χ4v) is 0.467. The van der Waals surface area contributed by atoms with Crippen LogP contribution in [0.1, 0.15) is 6.92 Å². The molecule has 2 unspecified atom stereocenters. The van der Waals surface area contributed by atoms with Crippen molar-refractivity contribution >= 4 is 13.8 Å². The molecule has 4 heteroatoms. The van der Waals surface area contributed by atoms with Crippen LogP contribution in [0.15, 0.2) is 0 Å². The van der Waals surface area contributed by atoms with Gasteiger partial charge in [-0.15, -0.1) is 0 Å². The zero-order chi connectivity index (χ0) is 6.73. The molecule has 0 bridgehead atoms. The van der Waals surface area contributed by atoms with E-state index in [-0.39, 0.29) is 0 Å². The summed E-state index contributed by atoms with van der Waals surface area (Å²) in [5.74, 6) is -0.992. The van der Waals surface area contributed by atoms with Gasteiger partial charge < -0.3 is 5.11 Å². The molecule has 0 aliphatic carbocycles. The van der Waals surface area contributed by atoms with E-state index in [0.717, 1.165) is 0 Å². The van der Waals surface area contributed by atoms with Crippen LogP contribution >= 0.6 is 7.80 Å². The third kappa shape index (κ3) is 2.03. The largest absolute Gasteiger partial charge is 0.478 e. The van der Waals surface area contributed by atoms with Crippen molar-refractivity contribution < 1.29 is 14.5 Å². The Balaban J connectivity index is 3.83. The van der Waals surface area contributed by atoms with Crippen LogP contribution in [-0.4, -0.2) is 23.4 Å². The highest BCUT2D eigenvalue weighted by molar-refractivity contribution is 7.45. The smallest absolute Gasteiger partial charge is 0.355 e. The van der Waals surface area contributed by atoms with Gasteiger partial charge in [0.1, 0.15) is 6.66 Å². The maximum atomic E-state index is 10.4. The van der Waals surface area contributed by atoms with E-state index in [2.05, 4.69) is 0 Å². The molecule has 46 valence electrons. The second kappa shape index (κ2) is 2.78. The maximum Gasteiger partial charge on any atom is 0.355 e. The summed E-state index contributed by atoms with van der Waals surface area (Å²) in [5, 5.41) is 8.17. The first kappa shape index (κ1) is 7.57. The Bertz CT molecular complexity index is 106. The molecule has 0 saturated heterocycles. The van der Waals surface area contributed by atoms with Crippen molar-refractivity contribution in [1.82, 2.24) is 0 Å². The van der Waals surface area contributed by atoms with E-state index >= 15 is 0 Å². The van der Waals surface area contributed by atoms with E-state index in [0.29, 0.717) is 0 Å². The average Bonchev–Trinajstić information content (AvgIpc) is 1.64. The topological polar surface area (TPSA) is 54.4 Å². The third-order valence-corrected chi connectivity index (χ3v) is 2.21. The fourth-order valence-electron chi connectivity index (χ4n) is 0.156. The maximum absolute atomic E-state index is 10.4. The summed E-state index contributed by atoms with van der Waals surface area (Å²) in [6.07, 6.45) is 0. The fraction of sp³-hybridized carbons (Fsp3) is 0.750. The van der Waals surface area contributed by atoms with Crippen molar-refractivity contribution in [2.75, 3.05) is 6.66 Å². The van der Waals surface area contributed by atoms with E-state index in [1.807, 2.05) is 0 Å². The lowest BCUT2D eigenvalue weighted by Gasteiger charge is -1.85.